The molecule has 2 aromatic carbocycles. The van der Waals surface area contributed by atoms with Crippen LogP contribution in [0.3, 0.4) is 0 Å². The second-order valence-corrected chi connectivity index (χ2v) is 4.56. The van der Waals surface area contributed by atoms with Crippen LogP contribution in [0, 0.1) is 5.82 Å². The number of benzene rings is 2. The largest absolute Gasteiger partial charge is 0.465 e. The van der Waals surface area contributed by atoms with Crippen molar-refractivity contribution in [3.05, 3.63) is 59.4 Å². The van der Waals surface area contributed by atoms with E-state index in [9.17, 15) is 9.18 Å². The van der Waals surface area contributed by atoms with Crippen molar-refractivity contribution >= 4 is 17.3 Å². The fourth-order valence-electron chi connectivity index (χ4n) is 2.03. The summed E-state index contributed by atoms with van der Waals surface area (Å²) in [6, 6.07) is 11.4. The number of hydrogen-bond acceptors (Lipinski definition) is 4. The number of para-hydroxylation sites is 1. The van der Waals surface area contributed by atoms with Crippen molar-refractivity contribution < 1.29 is 13.9 Å². The standard InChI is InChI=1S/C16H17FN2O2/c1-21-16(20)13-3-2-4-14(18)15(13)19-10-9-11-5-7-12(17)8-6-11/h2-8,19H,9-10,18H2,1H3. The molecule has 0 aromatic heterocycles. The van der Waals surface area contributed by atoms with Gasteiger partial charge in [0.2, 0.25) is 0 Å². The van der Waals surface area contributed by atoms with Crippen molar-refractivity contribution in [3.8, 4) is 0 Å². The molecule has 0 atom stereocenters. The van der Waals surface area contributed by atoms with E-state index in [-0.39, 0.29) is 5.82 Å². The van der Waals surface area contributed by atoms with Crippen molar-refractivity contribution in [2.24, 2.45) is 0 Å². The maximum absolute atomic E-state index is 12.8. The van der Waals surface area contributed by atoms with Gasteiger partial charge in [0.1, 0.15) is 5.82 Å². The summed E-state index contributed by atoms with van der Waals surface area (Å²) in [5, 5.41) is 3.14. The monoisotopic (exact) mass is 288 g/mol. The molecule has 0 saturated heterocycles. The summed E-state index contributed by atoms with van der Waals surface area (Å²) < 4.78 is 17.6. The number of hydrogen-bond donors (Lipinski definition) is 2. The molecule has 4 nitrogen and oxygen atoms in total. The Morgan fingerprint density at radius 3 is 2.62 bits per heavy atom. The van der Waals surface area contributed by atoms with E-state index < -0.39 is 5.97 Å². The van der Waals surface area contributed by atoms with E-state index in [2.05, 4.69) is 5.32 Å². The summed E-state index contributed by atoms with van der Waals surface area (Å²) in [6.45, 7) is 0.573. The summed E-state index contributed by atoms with van der Waals surface area (Å²) in [4.78, 5) is 11.7. The maximum Gasteiger partial charge on any atom is 0.340 e. The van der Waals surface area contributed by atoms with E-state index in [1.54, 1.807) is 30.3 Å². The highest BCUT2D eigenvalue weighted by Gasteiger charge is 2.13. The van der Waals surface area contributed by atoms with Gasteiger partial charge in [-0.1, -0.05) is 18.2 Å². The molecule has 5 heteroatoms. The molecule has 3 N–H and O–H groups in total. The highest BCUT2D eigenvalue weighted by Crippen LogP contribution is 2.24. The molecule has 0 aliphatic heterocycles. The number of carbonyl (C=O) groups excluding carboxylic acids is 1. The van der Waals surface area contributed by atoms with Gasteiger partial charge in [-0.15, -0.1) is 0 Å². The molecule has 0 radical (unpaired) electrons. The van der Waals surface area contributed by atoms with Crippen LogP contribution in [-0.2, 0) is 11.2 Å². The van der Waals surface area contributed by atoms with Gasteiger partial charge in [0.05, 0.1) is 24.0 Å². The van der Waals surface area contributed by atoms with Gasteiger partial charge in [-0.05, 0) is 36.2 Å². The van der Waals surface area contributed by atoms with Crippen molar-refractivity contribution in [3.63, 3.8) is 0 Å². The third-order valence-corrected chi connectivity index (χ3v) is 3.13. The molecule has 0 aliphatic rings. The number of rotatable bonds is 5. The van der Waals surface area contributed by atoms with Crippen molar-refractivity contribution in [2.45, 2.75) is 6.42 Å². The van der Waals surface area contributed by atoms with Crippen LogP contribution in [0.4, 0.5) is 15.8 Å². The maximum atomic E-state index is 12.8. The van der Waals surface area contributed by atoms with Crippen LogP contribution in [0.1, 0.15) is 15.9 Å². The Balaban J connectivity index is 2.06. The molecule has 0 spiro atoms. The number of esters is 1. The summed E-state index contributed by atoms with van der Waals surface area (Å²) in [5.74, 6) is -0.696. The lowest BCUT2D eigenvalue weighted by atomic mass is 10.1. The number of halogens is 1. The lowest BCUT2D eigenvalue weighted by Gasteiger charge is -2.13. The molecular formula is C16H17FN2O2. The molecule has 0 heterocycles. The summed E-state index contributed by atoms with van der Waals surface area (Å²) >= 11 is 0. The van der Waals surface area contributed by atoms with Crippen LogP contribution in [-0.4, -0.2) is 19.6 Å². The zero-order valence-corrected chi connectivity index (χ0v) is 11.7. The van der Waals surface area contributed by atoms with Gasteiger partial charge in [0.15, 0.2) is 0 Å². The fourth-order valence-corrected chi connectivity index (χ4v) is 2.03. The lowest BCUT2D eigenvalue weighted by molar-refractivity contribution is 0.0602. The zero-order chi connectivity index (χ0) is 15.2. The normalized spacial score (nSPS) is 10.2. The minimum Gasteiger partial charge on any atom is -0.465 e. The Morgan fingerprint density at radius 2 is 1.95 bits per heavy atom. The van der Waals surface area contributed by atoms with Crippen molar-refractivity contribution in [2.75, 3.05) is 24.7 Å². The van der Waals surface area contributed by atoms with Crippen LogP contribution in [0.15, 0.2) is 42.5 Å². The van der Waals surface area contributed by atoms with Crippen LogP contribution < -0.4 is 11.1 Å². The number of ether oxygens (including phenoxy) is 1. The number of carbonyl (C=O) groups is 1. The van der Waals surface area contributed by atoms with E-state index in [0.29, 0.717) is 29.9 Å². The first kappa shape index (κ1) is 14.8. The quantitative estimate of drug-likeness (QED) is 0.656. The second-order valence-electron chi connectivity index (χ2n) is 4.56. The first-order chi connectivity index (χ1) is 10.1. The smallest absolute Gasteiger partial charge is 0.340 e. The van der Waals surface area contributed by atoms with Gasteiger partial charge in [0, 0.05) is 6.54 Å². The Hall–Kier alpha value is -2.56. The van der Waals surface area contributed by atoms with E-state index in [0.717, 1.165) is 5.56 Å². The van der Waals surface area contributed by atoms with Crippen LogP contribution in [0.25, 0.3) is 0 Å². The minimum absolute atomic E-state index is 0.257. The van der Waals surface area contributed by atoms with Crippen molar-refractivity contribution in [1.82, 2.24) is 0 Å². The van der Waals surface area contributed by atoms with Gasteiger partial charge in [-0.2, -0.15) is 0 Å². The van der Waals surface area contributed by atoms with E-state index in [1.807, 2.05) is 0 Å². The number of methoxy groups -OCH3 is 1. The van der Waals surface area contributed by atoms with Gasteiger partial charge in [-0.3, -0.25) is 0 Å². The molecule has 0 bridgehead atoms. The van der Waals surface area contributed by atoms with E-state index in [1.165, 1.54) is 19.2 Å². The summed E-state index contributed by atoms with van der Waals surface area (Å²) in [6.07, 6.45) is 0.690. The van der Waals surface area contributed by atoms with Gasteiger partial charge in [0.25, 0.3) is 0 Å². The van der Waals surface area contributed by atoms with Crippen molar-refractivity contribution in [1.29, 1.82) is 0 Å². The molecule has 0 fully saturated rings. The summed E-state index contributed by atoms with van der Waals surface area (Å²) in [5.41, 5.74) is 8.34. The first-order valence-electron chi connectivity index (χ1n) is 6.57. The highest BCUT2D eigenvalue weighted by atomic mass is 19.1. The number of nitrogen functional groups attached to an aromatic ring is 1. The molecule has 0 unspecified atom stereocenters. The average molecular weight is 288 g/mol. The highest BCUT2D eigenvalue weighted by molar-refractivity contribution is 5.98. The van der Waals surface area contributed by atoms with Gasteiger partial charge >= 0.3 is 5.97 Å². The van der Waals surface area contributed by atoms with Gasteiger partial charge < -0.3 is 15.8 Å². The molecule has 21 heavy (non-hydrogen) atoms. The van der Waals surface area contributed by atoms with E-state index in [4.69, 9.17) is 10.5 Å². The Morgan fingerprint density at radius 1 is 1.24 bits per heavy atom. The first-order valence-corrected chi connectivity index (χ1v) is 6.57. The topological polar surface area (TPSA) is 64.3 Å². The number of anilines is 2. The van der Waals surface area contributed by atoms with Crippen LogP contribution >= 0.6 is 0 Å². The lowest BCUT2D eigenvalue weighted by Crippen LogP contribution is -2.12. The van der Waals surface area contributed by atoms with Crippen LogP contribution in [0.5, 0.6) is 0 Å². The van der Waals surface area contributed by atoms with Gasteiger partial charge in [-0.25, -0.2) is 9.18 Å². The Bertz CT molecular complexity index is 627. The summed E-state index contributed by atoms with van der Waals surface area (Å²) in [7, 11) is 1.33. The SMILES string of the molecule is COC(=O)c1cccc(N)c1NCCc1ccc(F)cc1. The fraction of sp³-hybridized carbons (Fsp3) is 0.188. The Labute approximate surface area is 122 Å². The predicted molar refractivity (Wildman–Crippen MR) is 80.8 cm³/mol. The van der Waals surface area contributed by atoms with Crippen LogP contribution in [0.2, 0.25) is 0 Å². The molecule has 2 rings (SSSR count). The molecule has 2 aromatic rings. The minimum atomic E-state index is -0.438. The molecular weight excluding hydrogens is 271 g/mol. The molecule has 0 saturated carbocycles. The number of nitrogens with one attached hydrogen (secondary N) is 1. The predicted octanol–water partition coefficient (Wildman–Crippen LogP) is 2.85. The Kier molecular flexibility index (Phi) is 4.77. The average Bonchev–Trinajstić information content (AvgIpc) is 2.50. The molecule has 0 aliphatic carbocycles. The van der Waals surface area contributed by atoms with E-state index >= 15 is 0 Å². The number of nitrogens with two attached hydrogens (primary N) is 1. The third kappa shape index (κ3) is 3.72. The molecule has 110 valence electrons. The zero-order valence-electron chi connectivity index (χ0n) is 11.7. The second kappa shape index (κ2) is 6.74. The molecule has 0 amide bonds. The third-order valence-electron chi connectivity index (χ3n) is 3.13.